The summed E-state index contributed by atoms with van der Waals surface area (Å²) in [6.45, 7) is 2.78. The maximum absolute atomic E-state index is 5.84. The minimum Gasteiger partial charge on any atom is -0.339 e. The molecule has 1 saturated carbocycles. The summed E-state index contributed by atoms with van der Waals surface area (Å²) in [5, 5.41) is 4.00. The Morgan fingerprint density at radius 2 is 2.27 bits per heavy atom. The first-order valence-electron chi connectivity index (χ1n) is 5.61. The molecule has 2 N–H and O–H groups in total. The molecule has 82 valence electrons. The first-order chi connectivity index (χ1) is 7.31. The molecule has 0 radical (unpaired) electrons. The fourth-order valence-electron chi connectivity index (χ4n) is 2.03. The van der Waals surface area contributed by atoms with Crippen LogP contribution in [0.5, 0.6) is 0 Å². The Kier molecular flexibility index (Phi) is 2.21. The van der Waals surface area contributed by atoms with Gasteiger partial charge in [-0.05, 0) is 19.3 Å². The van der Waals surface area contributed by atoms with E-state index in [0.717, 1.165) is 37.8 Å². The Morgan fingerprint density at radius 3 is 2.93 bits per heavy atom. The molecule has 1 aliphatic heterocycles. The highest BCUT2D eigenvalue weighted by molar-refractivity contribution is 5.01. The highest BCUT2D eigenvalue weighted by atomic mass is 16.5. The zero-order valence-corrected chi connectivity index (χ0v) is 8.72. The van der Waals surface area contributed by atoms with Crippen molar-refractivity contribution in [3.8, 4) is 0 Å². The molecule has 5 heteroatoms. The maximum Gasteiger partial charge on any atom is 0.229 e. The van der Waals surface area contributed by atoms with E-state index in [-0.39, 0.29) is 0 Å². The van der Waals surface area contributed by atoms with E-state index >= 15 is 0 Å². The Bertz CT molecular complexity index is 347. The van der Waals surface area contributed by atoms with Gasteiger partial charge in [0.15, 0.2) is 5.82 Å². The fraction of sp³-hybridized carbons (Fsp3) is 0.800. The average Bonchev–Trinajstić information content (AvgIpc) is 2.84. The van der Waals surface area contributed by atoms with E-state index in [4.69, 9.17) is 10.3 Å². The summed E-state index contributed by atoms with van der Waals surface area (Å²) in [6.07, 6.45) is 3.49. The molecule has 0 bridgehead atoms. The van der Waals surface area contributed by atoms with Gasteiger partial charge in [0.1, 0.15) is 0 Å². The lowest BCUT2D eigenvalue weighted by atomic mass is 10.3. The quantitative estimate of drug-likeness (QED) is 0.782. The van der Waals surface area contributed by atoms with Crippen molar-refractivity contribution < 1.29 is 4.52 Å². The van der Waals surface area contributed by atoms with Gasteiger partial charge in [-0.3, -0.25) is 4.90 Å². The molecule has 1 saturated heterocycles. The van der Waals surface area contributed by atoms with Gasteiger partial charge in [-0.2, -0.15) is 4.98 Å². The van der Waals surface area contributed by atoms with Crippen LogP contribution in [0.2, 0.25) is 0 Å². The monoisotopic (exact) mass is 208 g/mol. The van der Waals surface area contributed by atoms with E-state index in [1.165, 1.54) is 12.8 Å². The van der Waals surface area contributed by atoms with Crippen LogP contribution in [-0.4, -0.2) is 34.2 Å². The third kappa shape index (κ3) is 2.03. The number of hydrogen-bond acceptors (Lipinski definition) is 5. The molecule has 2 aliphatic rings. The lowest BCUT2D eigenvalue weighted by molar-refractivity contribution is 0.306. The summed E-state index contributed by atoms with van der Waals surface area (Å²) >= 11 is 0. The molecule has 1 aromatic heterocycles. The largest absolute Gasteiger partial charge is 0.339 e. The smallest absolute Gasteiger partial charge is 0.229 e. The molecule has 0 unspecified atom stereocenters. The van der Waals surface area contributed by atoms with Crippen molar-refractivity contribution in [3.05, 3.63) is 11.7 Å². The number of nitrogens with two attached hydrogens (primary N) is 1. The van der Waals surface area contributed by atoms with Gasteiger partial charge in [0.2, 0.25) is 5.89 Å². The first-order valence-corrected chi connectivity index (χ1v) is 5.61. The SMILES string of the molecule is N[C@H]1CCN(Cc2noc(C3CC3)n2)C1. The summed E-state index contributed by atoms with van der Waals surface area (Å²) in [4.78, 5) is 6.68. The highest BCUT2D eigenvalue weighted by Gasteiger charge is 2.30. The molecule has 5 nitrogen and oxygen atoms in total. The summed E-state index contributed by atoms with van der Waals surface area (Å²) in [5.74, 6) is 2.19. The van der Waals surface area contributed by atoms with Crippen LogP contribution in [0.15, 0.2) is 4.52 Å². The molecule has 0 spiro atoms. The molecule has 0 amide bonds. The van der Waals surface area contributed by atoms with Gasteiger partial charge < -0.3 is 10.3 Å². The number of nitrogens with zero attached hydrogens (tertiary/aromatic N) is 3. The van der Waals surface area contributed by atoms with Gasteiger partial charge in [0, 0.05) is 25.0 Å². The van der Waals surface area contributed by atoms with Crippen LogP contribution in [0.1, 0.15) is 36.9 Å². The topological polar surface area (TPSA) is 68.2 Å². The third-order valence-electron chi connectivity index (χ3n) is 3.08. The zero-order chi connectivity index (χ0) is 10.3. The maximum atomic E-state index is 5.84. The van der Waals surface area contributed by atoms with Gasteiger partial charge >= 0.3 is 0 Å². The second-order valence-electron chi connectivity index (χ2n) is 4.61. The summed E-state index contributed by atoms with van der Waals surface area (Å²) in [6, 6.07) is 0.319. The van der Waals surface area contributed by atoms with E-state index in [2.05, 4.69) is 15.0 Å². The van der Waals surface area contributed by atoms with E-state index in [0.29, 0.717) is 12.0 Å². The molecule has 0 aromatic carbocycles. The van der Waals surface area contributed by atoms with Gasteiger partial charge in [0.05, 0.1) is 6.54 Å². The zero-order valence-electron chi connectivity index (χ0n) is 8.72. The van der Waals surface area contributed by atoms with E-state index < -0.39 is 0 Å². The lowest BCUT2D eigenvalue weighted by Gasteiger charge is -2.11. The standard InChI is InChI=1S/C10H16N4O/c11-8-3-4-14(5-8)6-9-12-10(15-13-9)7-1-2-7/h7-8H,1-6,11H2/t8-/m0/s1. The van der Waals surface area contributed by atoms with Crippen LogP contribution in [0.25, 0.3) is 0 Å². The number of aromatic nitrogens is 2. The van der Waals surface area contributed by atoms with Crippen LogP contribution >= 0.6 is 0 Å². The normalized spacial score (nSPS) is 27.4. The number of likely N-dealkylation sites (tertiary alicyclic amines) is 1. The van der Waals surface area contributed by atoms with Gasteiger partial charge in [0.25, 0.3) is 0 Å². The number of rotatable bonds is 3. The third-order valence-corrected chi connectivity index (χ3v) is 3.08. The predicted molar refractivity (Wildman–Crippen MR) is 54.1 cm³/mol. The van der Waals surface area contributed by atoms with E-state index in [1.54, 1.807) is 0 Å². The minimum atomic E-state index is 0.319. The van der Waals surface area contributed by atoms with Crippen LogP contribution < -0.4 is 5.73 Å². The Labute approximate surface area is 88.6 Å². The van der Waals surface area contributed by atoms with Crippen molar-refractivity contribution in [1.82, 2.24) is 15.0 Å². The minimum absolute atomic E-state index is 0.319. The van der Waals surface area contributed by atoms with Crippen LogP contribution in [0.4, 0.5) is 0 Å². The van der Waals surface area contributed by atoms with Gasteiger partial charge in [-0.15, -0.1) is 0 Å². The van der Waals surface area contributed by atoms with E-state index in [9.17, 15) is 0 Å². The molecule has 1 atom stereocenters. The van der Waals surface area contributed by atoms with Crippen LogP contribution in [0.3, 0.4) is 0 Å². The fourth-order valence-corrected chi connectivity index (χ4v) is 2.03. The Balaban J connectivity index is 1.61. The van der Waals surface area contributed by atoms with Crippen molar-refractivity contribution >= 4 is 0 Å². The number of hydrogen-bond donors (Lipinski definition) is 1. The summed E-state index contributed by atoms with van der Waals surface area (Å²) in [7, 11) is 0. The molecule has 1 aromatic rings. The van der Waals surface area contributed by atoms with Gasteiger partial charge in [-0.1, -0.05) is 5.16 Å². The molecule has 1 aliphatic carbocycles. The Morgan fingerprint density at radius 1 is 1.40 bits per heavy atom. The highest BCUT2D eigenvalue weighted by Crippen LogP contribution is 2.38. The second kappa shape index (κ2) is 3.57. The average molecular weight is 208 g/mol. The summed E-state index contributed by atoms with van der Waals surface area (Å²) < 4.78 is 5.21. The molecule has 3 rings (SSSR count). The molecular weight excluding hydrogens is 192 g/mol. The van der Waals surface area contributed by atoms with Gasteiger partial charge in [-0.25, -0.2) is 0 Å². The predicted octanol–water partition coefficient (Wildman–Crippen LogP) is 0.480. The van der Waals surface area contributed by atoms with Crippen molar-refractivity contribution in [3.63, 3.8) is 0 Å². The van der Waals surface area contributed by atoms with Crippen LogP contribution in [0, 0.1) is 0 Å². The summed E-state index contributed by atoms with van der Waals surface area (Å²) in [5.41, 5.74) is 5.84. The molecule has 2 fully saturated rings. The van der Waals surface area contributed by atoms with Crippen LogP contribution in [-0.2, 0) is 6.54 Å². The van der Waals surface area contributed by atoms with Crippen molar-refractivity contribution in [2.45, 2.75) is 37.8 Å². The Hall–Kier alpha value is -0.940. The molecule has 2 heterocycles. The van der Waals surface area contributed by atoms with E-state index in [1.807, 2.05) is 0 Å². The van der Waals surface area contributed by atoms with Crippen molar-refractivity contribution in [2.24, 2.45) is 5.73 Å². The van der Waals surface area contributed by atoms with Crippen molar-refractivity contribution in [2.75, 3.05) is 13.1 Å². The second-order valence-corrected chi connectivity index (χ2v) is 4.61. The first kappa shape index (κ1) is 9.30. The lowest BCUT2D eigenvalue weighted by Crippen LogP contribution is -2.26. The van der Waals surface area contributed by atoms with Crippen molar-refractivity contribution in [1.29, 1.82) is 0 Å². The molecule has 15 heavy (non-hydrogen) atoms. The molecular formula is C10H16N4O.